The van der Waals surface area contributed by atoms with Gasteiger partial charge in [-0.1, -0.05) is 19.8 Å². The van der Waals surface area contributed by atoms with Crippen molar-refractivity contribution in [2.75, 3.05) is 26.2 Å². The Morgan fingerprint density at radius 1 is 1.26 bits per heavy atom. The number of aliphatic hydroxyl groups excluding tert-OH is 1. The summed E-state index contributed by atoms with van der Waals surface area (Å²) in [5.41, 5.74) is 0. The van der Waals surface area contributed by atoms with Crippen molar-refractivity contribution in [3.63, 3.8) is 0 Å². The van der Waals surface area contributed by atoms with E-state index in [-0.39, 0.29) is 6.10 Å². The van der Waals surface area contributed by atoms with E-state index in [1.165, 1.54) is 25.7 Å². The number of likely N-dealkylation sites (tertiary alicyclic amines) is 1. The van der Waals surface area contributed by atoms with Crippen LogP contribution < -0.4 is 5.32 Å². The maximum absolute atomic E-state index is 9.64. The summed E-state index contributed by atoms with van der Waals surface area (Å²) in [5.74, 6) is 2.66. The molecule has 4 heteroatoms. The van der Waals surface area contributed by atoms with Gasteiger partial charge in [-0.25, -0.2) is 0 Å². The molecular weight excluding hydrogens is 238 g/mol. The van der Waals surface area contributed by atoms with Gasteiger partial charge in [0.05, 0.1) is 6.10 Å². The number of guanidine groups is 1. The summed E-state index contributed by atoms with van der Waals surface area (Å²) >= 11 is 0. The van der Waals surface area contributed by atoms with Gasteiger partial charge < -0.3 is 15.3 Å². The lowest BCUT2D eigenvalue weighted by Gasteiger charge is -2.26. The van der Waals surface area contributed by atoms with Crippen molar-refractivity contribution in [3.8, 4) is 0 Å². The second kappa shape index (κ2) is 7.13. The second-order valence-electron chi connectivity index (χ2n) is 6.21. The van der Waals surface area contributed by atoms with Crippen molar-refractivity contribution < 1.29 is 5.11 Å². The minimum Gasteiger partial charge on any atom is -0.391 e. The average Bonchev–Trinajstić information content (AvgIpc) is 2.83. The Balaban J connectivity index is 1.85. The van der Waals surface area contributed by atoms with Crippen molar-refractivity contribution in [2.45, 2.75) is 52.1 Å². The third-order valence-electron chi connectivity index (χ3n) is 4.43. The molecule has 2 aliphatic rings. The molecule has 1 heterocycles. The quantitative estimate of drug-likeness (QED) is 0.606. The summed E-state index contributed by atoms with van der Waals surface area (Å²) < 4.78 is 0. The van der Waals surface area contributed by atoms with Crippen molar-refractivity contribution in [3.05, 3.63) is 0 Å². The third-order valence-corrected chi connectivity index (χ3v) is 4.43. The van der Waals surface area contributed by atoms with Crippen LogP contribution in [0.1, 0.15) is 46.0 Å². The summed E-state index contributed by atoms with van der Waals surface area (Å²) in [5, 5.41) is 13.0. The highest BCUT2D eigenvalue weighted by Gasteiger charge is 2.23. The van der Waals surface area contributed by atoms with E-state index in [0.717, 1.165) is 50.4 Å². The van der Waals surface area contributed by atoms with Crippen LogP contribution in [0.2, 0.25) is 0 Å². The molecule has 1 saturated carbocycles. The lowest BCUT2D eigenvalue weighted by atomic mass is 9.83. The van der Waals surface area contributed by atoms with Crippen molar-refractivity contribution in [1.82, 2.24) is 10.2 Å². The molecule has 2 fully saturated rings. The fourth-order valence-electron chi connectivity index (χ4n) is 3.09. The van der Waals surface area contributed by atoms with Gasteiger partial charge in [0.15, 0.2) is 5.96 Å². The molecule has 2 rings (SSSR count). The van der Waals surface area contributed by atoms with Crippen LogP contribution in [-0.2, 0) is 0 Å². The van der Waals surface area contributed by atoms with Crippen molar-refractivity contribution >= 4 is 5.96 Å². The summed E-state index contributed by atoms with van der Waals surface area (Å²) in [6.45, 7) is 7.95. The highest BCUT2D eigenvalue weighted by molar-refractivity contribution is 5.80. The summed E-state index contributed by atoms with van der Waals surface area (Å²) in [6, 6.07) is 0. The Kier molecular flexibility index (Phi) is 5.49. The third kappa shape index (κ3) is 4.37. The molecule has 1 aliphatic heterocycles. The standard InChI is InChI=1S/C15H29N3O/c1-3-16-15(18-9-8-14(19)11-18)17-10-13-6-4-12(2)5-7-13/h12-14,19H,3-11H2,1-2H3,(H,16,17)/t12?,13?,14-/m1/s1. The number of hydrogen-bond acceptors (Lipinski definition) is 2. The lowest BCUT2D eigenvalue weighted by Crippen LogP contribution is -2.40. The zero-order valence-corrected chi connectivity index (χ0v) is 12.4. The first-order chi connectivity index (χ1) is 9.19. The van der Waals surface area contributed by atoms with E-state index in [0.29, 0.717) is 0 Å². The maximum atomic E-state index is 9.64. The van der Waals surface area contributed by atoms with Gasteiger partial charge in [-0.2, -0.15) is 0 Å². The maximum Gasteiger partial charge on any atom is 0.194 e. The largest absolute Gasteiger partial charge is 0.391 e. The minimum atomic E-state index is -0.181. The van der Waals surface area contributed by atoms with Gasteiger partial charge in [-0.05, 0) is 38.0 Å². The number of rotatable bonds is 3. The fraction of sp³-hybridized carbons (Fsp3) is 0.933. The number of β-amino-alcohol motifs (C(OH)–C–C–N with tert-alkyl or cyclic N) is 1. The van der Waals surface area contributed by atoms with Crippen LogP contribution in [0.3, 0.4) is 0 Å². The smallest absolute Gasteiger partial charge is 0.194 e. The number of aliphatic imine (C=N–C) groups is 1. The van der Waals surface area contributed by atoms with Crippen LogP contribution in [-0.4, -0.2) is 48.2 Å². The molecule has 0 aromatic rings. The van der Waals surface area contributed by atoms with Gasteiger partial charge in [0.2, 0.25) is 0 Å². The Labute approximate surface area is 117 Å². The Morgan fingerprint density at radius 3 is 2.58 bits per heavy atom. The molecule has 0 unspecified atom stereocenters. The molecule has 0 amide bonds. The highest BCUT2D eigenvalue weighted by atomic mass is 16.3. The van der Waals surface area contributed by atoms with Crippen LogP contribution >= 0.6 is 0 Å². The first kappa shape index (κ1) is 14.6. The molecule has 1 saturated heterocycles. The van der Waals surface area contributed by atoms with Gasteiger partial charge >= 0.3 is 0 Å². The van der Waals surface area contributed by atoms with Crippen LogP contribution in [0.4, 0.5) is 0 Å². The van der Waals surface area contributed by atoms with E-state index in [1.54, 1.807) is 0 Å². The minimum absolute atomic E-state index is 0.181. The molecule has 19 heavy (non-hydrogen) atoms. The first-order valence-corrected chi connectivity index (χ1v) is 7.90. The van der Waals surface area contributed by atoms with E-state index >= 15 is 0 Å². The van der Waals surface area contributed by atoms with Crippen LogP contribution in [0.5, 0.6) is 0 Å². The Bertz CT molecular complexity index is 298. The first-order valence-electron chi connectivity index (χ1n) is 7.90. The summed E-state index contributed by atoms with van der Waals surface area (Å²) in [7, 11) is 0. The van der Waals surface area contributed by atoms with Gasteiger partial charge in [-0.3, -0.25) is 4.99 Å². The Hall–Kier alpha value is -0.770. The molecule has 2 N–H and O–H groups in total. The zero-order valence-electron chi connectivity index (χ0n) is 12.4. The SMILES string of the molecule is CCNC(=NCC1CCC(C)CC1)N1CC[C@@H](O)C1. The van der Waals surface area contributed by atoms with E-state index in [1.807, 2.05) is 0 Å². The summed E-state index contributed by atoms with van der Waals surface area (Å²) in [4.78, 5) is 6.99. The number of nitrogens with zero attached hydrogens (tertiary/aromatic N) is 2. The number of nitrogens with one attached hydrogen (secondary N) is 1. The molecule has 0 radical (unpaired) electrons. The monoisotopic (exact) mass is 267 g/mol. The molecule has 0 spiro atoms. The predicted molar refractivity (Wildman–Crippen MR) is 79.3 cm³/mol. The number of hydrogen-bond donors (Lipinski definition) is 2. The van der Waals surface area contributed by atoms with Crippen LogP contribution in [0.25, 0.3) is 0 Å². The fourth-order valence-corrected chi connectivity index (χ4v) is 3.09. The van der Waals surface area contributed by atoms with Crippen LogP contribution in [0, 0.1) is 11.8 Å². The predicted octanol–water partition coefficient (Wildman–Crippen LogP) is 1.84. The van der Waals surface area contributed by atoms with Crippen molar-refractivity contribution in [1.29, 1.82) is 0 Å². The van der Waals surface area contributed by atoms with E-state index in [9.17, 15) is 5.11 Å². The average molecular weight is 267 g/mol. The molecule has 1 aliphatic carbocycles. The van der Waals surface area contributed by atoms with E-state index < -0.39 is 0 Å². The van der Waals surface area contributed by atoms with Gasteiger partial charge in [0.1, 0.15) is 0 Å². The van der Waals surface area contributed by atoms with Gasteiger partial charge in [0, 0.05) is 26.2 Å². The molecule has 4 nitrogen and oxygen atoms in total. The zero-order chi connectivity index (χ0) is 13.7. The highest BCUT2D eigenvalue weighted by Crippen LogP contribution is 2.28. The lowest BCUT2D eigenvalue weighted by molar-refractivity contribution is 0.187. The van der Waals surface area contributed by atoms with Crippen LogP contribution in [0.15, 0.2) is 4.99 Å². The van der Waals surface area contributed by atoms with Crippen molar-refractivity contribution in [2.24, 2.45) is 16.8 Å². The normalized spacial score (nSPS) is 32.7. The van der Waals surface area contributed by atoms with E-state index in [4.69, 9.17) is 4.99 Å². The second-order valence-corrected chi connectivity index (χ2v) is 6.21. The molecule has 110 valence electrons. The molecule has 0 aromatic carbocycles. The van der Waals surface area contributed by atoms with E-state index in [2.05, 4.69) is 24.1 Å². The van der Waals surface area contributed by atoms with Gasteiger partial charge in [0.25, 0.3) is 0 Å². The molecule has 0 bridgehead atoms. The Morgan fingerprint density at radius 2 is 2.00 bits per heavy atom. The van der Waals surface area contributed by atoms with Gasteiger partial charge in [-0.15, -0.1) is 0 Å². The molecule has 1 atom stereocenters. The topological polar surface area (TPSA) is 47.9 Å². The molecule has 0 aromatic heterocycles. The summed E-state index contributed by atoms with van der Waals surface area (Å²) in [6.07, 6.45) is 6.06. The number of aliphatic hydroxyl groups is 1. The molecular formula is C15H29N3O.